The summed E-state index contributed by atoms with van der Waals surface area (Å²) in [6.07, 6.45) is 18.3. The van der Waals surface area contributed by atoms with Crippen molar-refractivity contribution < 1.29 is 18.3 Å². The van der Waals surface area contributed by atoms with Gasteiger partial charge in [-0.1, -0.05) is 35.4 Å². The van der Waals surface area contributed by atoms with Gasteiger partial charge < -0.3 is 0 Å². The van der Waals surface area contributed by atoms with Crippen molar-refractivity contribution in [3.63, 3.8) is 0 Å². The quantitative estimate of drug-likeness (QED) is 0.217. The number of nitrogens with zero attached hydrogens (tertiary/aromatic N) is 4. The molecule has 0 fully saturated rings. The van der Waals surface area contributed by atoms with Crippen molar-refractivity contribution in [1.82, 2.24) is 0 Å². The zero-order chi connectivity index (χ0) is 28.0. The van der Waals surface area contributed by atoms with E-state index in [0.29, 0.717) is 0 Å². The minimum Gasteiger partial charge on any atom is -0.205 e. The number of hydrogen-bond acceptors (Lipinski definition) is 0. The number of aryl methyl sites for hydroxylation is 4. The molecule has 0 bridgehead atoms. The second-order valence-corrected chi connectivity index (χ2v) is 10.7. The van der Waals surface area contributed by atoms with E-state index in [-0.39, 0.29) is 0 Å². The lowest BCUT2D eigenvalue weighted by atomic mass is 10.1. The molecule has 4 aromatic heterocycles. The molecule has 0 spiro atoms. The van der Waals surface area contributed by atoms with Gasteiger partial charge in [-0.05, 0) is 36.1 Å². The maximum absolute atomic E-state index is 2.27. The first-order chi connectivity index (χ1) is 20.1. The Morgan fingerprint density at radius 2 is 0.659 bits per heavy atom. The van der Waals surface area contributed by atoms with Gasteiger partial charge in [0, 0.05) is 72.8 Å². The number of aromatic nitrogens is 4. The molecular weight excluding hydrogens is 500 g/mol. The normalized spacial score (nSPS) is 11.0. The average Bonchev–Trinajstić information content (AvgIpc) is 3.03. The van der Waals surface area contributed by atoms with Crippen molar-refractivity contribution in [3.8, 4) is 33.6 Å². The van der Waals surface area contributed by atoms with Crippen LogP contribution in [0, 0.1) is 13.8 Å². The Bertz CT molecular complexity index is 1570. The lowest BCUT2D eigenvalue weighted by Gasteiger charge is -2.02. The number of benzene rings is 2. The monoisotopic (exact) mass is 536 g/mol. The van der Waals surface area contributed by atoms with Crippen LogP contribution in [0.4, 0.5) is 0 Å². The van der Waals surface area contributed by atoms with Gasteiger partial charge in [0.1, 0.15) is 0 Å². The van der Waals surface area contributed by atoms with Gasteiger partial charge in [-0.3, -0.25) is 0 Å². The highest BCUT2D eigenvalue weighted by Gasteiger charge is 2.11. The summed E-state index contributed by atoms with van der Waals surface area (Å²) in [6, 6.07) is 34.7. The maximum Gasteiger partial charge on any atom is 0.210 e. The first-order valence-electron chi connectivity index (χ1n) is 14.3. The maximum atomic E-state index is 2.27. The molecule has 0 aliphatic carbocycles. The van der Waals surface area contributed by atoms with E-state index in [0.717, 1.165) is 19.5 Å². The molecule has 4 heterocycles. The van der Waals surface area contributed by atoms with Crippen molar-refractivity contribution in [2.45, 2.75) is 33.4 Å². The minimum absolute atomic E-state index is 0.981. The summed E-state index contributed by atoms with van der Waals surface area (Å²) in [6.45, 7) is 6.19. The third-order valence-electron chi connectivity index (χ3n) is 7.60. The van der Waals surface area contributed by atoms with Crippen LogP contribution < -0.4 is 18.3 Å². The zero-order valence-electron chi connectivity index (χ0n) is 23.8. The first-order valence-corrected chi connectivity index (χ1v) is 14.3. The zero-order valence-corrected chi connectivity index (χ0v) is 23.8. The van der Waals surface area contributed by atoms with Gasteiger partial charge in [-0.25, -0.2) is 9.13 Å². The van der Waals surface area contributed by atoms with E-state index in [1.165, 1.54) is 44.8 Å². The summed E-state index contributed by atoms with van der Waals surface area (Å²) < 4.78 is 8.83. The SMILES string of the molecule is Cc1ccc(-[n+]2ccc(-c3cc[n+](CCC[n+]4ccc(-c5cc[n+](-c6ccc(C)cc6)cc5)cc4)cc3)cc2)cc1. The molecule has 6 aromatic rings. The van der Waals surface area contributed by atoms with Crippen LogP contribution in [0.1, 0.15) is 17.5 Å². The number of rotatable bonds is 8. The minimum atomic E-state index is 0.981. The lowest BCUT2D eigenvalue weighted by molar-refractivity contribution is -0.726. The molecule has 200 valence electrons. The molecule has 6 rings (SSSR count). The second kappa shape index (κ2) is 12.1. The van der Waals surface area contributed by atoms with Gasteiger partial charge in [0.25, 0.3) is 0 Å². The Morgan fingerprint density at radius 1 is 0.366 bits per heavy atom. The van der Waals surface area contributed by atoms with Gasteiger partial charge in [0.05, 0.1) is 6.42 Å². The second-order valence-electron chi connectivity index (χ2n) is 10.7. The molecule has 4 heteroatoms. The van der Waals surface area contributed by atoms with Crippen LogP contribution in [-0.2, 0) is 13.1 Å². The Labute approximate surface area is 242 Å². The van der Waals surface area contributed by atoms with Gasteiger partial charge in [0.2, 0.25) is 11.4 Å². The topological polar surface area (TPSA) is 15.5 Å². The molecule has 0 aliphatic rings. The molecular formula is C37H36N4+4. The van der Waals surface area contributed by atoms with Crippen molar-refractivity contribution >= 4 is 0 Å². The van der Waals surface area contributed by atoms with Crippen LogP contribution in [0.25, 0.3) is 33.6 Å². The fraction of sp³-hybridized carbons (Fsp3) is 0.135. The fourth-order valence-electron chi connectivity index (χ4n) is 5.05. The van der Waals surface area contributed by atoms with Crippen molar-refractivity contribution in [1.29, 1.82) is 0 Å². The first kappa shape index (κ1) is 26.3. The van der Waals surface area contributed by atoms with E-state index >= 15 is 0 Å². The van der Waals surface area contributed by atoms with Crippen molar-refractivity contribution in [3.05, 3.63) is 158 Å². The van der Waals surface area contributed by atoms with Crippen LogP contribution in [0.2, 0.25) is 0 Å². The van der Waals surface area contributed by atoms with Crippen LogP contribution in [0.3, 0.4) is 0 Å². The number of pyridine rings is 4. The summed E-state index contributed by atoms with van der Waals surface area (Å²) in [5, 5.41) is 0. The summed E-state index contributed by atoms with van der Waals surface area (Å²) in [4.78, 5) is 0. The number of hydrogen-bond donors (Lipinski definition) is 0. The van der Waals surface area contributed by atoms with Gasteiger partial charge in [-0.15, -0.1) is 0 Å². The molecule has 0 unspecified atom stereocenters. The molecule has 2 aromatic carbocycles. The van der Waals surface area contributed by atoms with Crippen LogP contribution in [0.15, 0.2) is 147 Å². The van der Waals surface area contributed by atoms with E-state index in [9.17, 15) is 0 Å². The van der Waals surface area contributed by atoms with Crippen molar-refractivity contribution in [2.24, 2.45) is 0 Å². The third-order valence-corrected chi connectivity index (χ3v) is 7.60. The Kier molecular flexibility index (Phi) is 7.72. The molecule has 0 saturated heterocycles. The van der Waals surface area contributed by atoms with Crippen LogP contribution >= 0.6 is 0 Å². The highest BCUT2D eigenvalue weighted by atomic mass is 15.0. The highest BCUT2D eigenvalue weighted by Crippen LogP contribution is 2.17. The lowest BCUT2D eigenvalue weighted by Crippen LogP contribution is -2.38. The predicted molar refractivity (Wildman–Crippen MR) is 161 cm³/mol. The van der Waals surface area contributed by atoms with E-state index < -0.39 is 0 Å². The molecule has 41 heavy (non-hydrogen) atoms. The molecule has 0 aliphatic heterocycles. The summed E-state index contributed by atoms with van der Waals surface area (Å²) in [5.74, 6) is 0. The highest BCUT2D eigenvalue weighted by molar-refractivity contribution is 5.61. The van der Waals surface area contributed by atoms with E-state index in [1.54, 1.807) is 0 Å². The molecule has 0 saturated carbocycles. The van der Waals surface area contributed by atoms with E-state index in [1.807, 2.05) is 0 Å². The van der Waals surface area contributed by atoms with E-state index in [4.69, 9.17) is 0 Å². The summed E-state index contributed by atoms with van der Waals surface area (Å²) in [7, 11) is 0. The standard InChI is InChI=1S/C37H36N4/c1-30-4-8-36(9-5-30)40-26-16-34(17-27-40)32-12-22-38(23-13-32)20-3-21-39-24-14-33(15-25-39)35-18-28-41(29-19-35)37-10-6-31(2)7-11-37/h4-19,22-29H,3,20-21H2,1-2H3/q+4. The van der Waals surface area contributed by atoms with Crippen molar-refractivity contribution in [2.75, 3.05) is 0 Å². The van der Waals surface area contributed by atoms with Gasteiger partial charge in [0.15, 0.2) is 62.7 Å². The Morgan fingerprint density at radius 3 is 0.976 bits per heavy atom. The van der Waals surface area contributed by atoms with Gasteiger partial charge in [-0.2, -0.15) is 9.13 Å². The molecule has 0 N–H and O–H groups in total. The smallest absolute Gasteiger partial charge is 0.205 e. The summed E-state index contributed by atoms with van der Waals surface area (Å²) >= 11 is 0. The predicted octanol–water partition coefficient (Wildman–Crippen LogP) is 5.86. The fourth-order valence-corrected chi connectivity index (χ4v) is 5.05. The van der Waals surface area contributed by atoms with Crippen LogP contribution in [-0.4, -0.2) is 0 Å². The molecule has 0 radical (unpaired) electrons. The average molecular weight is 537 g/mol. The Balaban J connectivity index is 1.01. The Hall–Kier alpha value is -4.96. The third kappa shape index (κ3) is 6.44. The summed E-state index contributed by atoms with van der Waals surface area (Å²) in [5.41, 5.74) is 9.80. The molecule has 4 nitrogen and oxygen atoms in total. The molecule has 0 amide bonds. The molecule has 0 atom stereocenters. The van der Waals surface area contributed by atoms with Gasteiger partial charge >= 0.3 is 0 Å². The van der Waals surface area contributed by atoms with E-state index in [2.05, 4.69) is 179 Å². The van der Waals surface area contributed by atoms with Crippen LogP contribution in [0.5, 0.6) is 0 Å². The largest absolute Gasteiger partial charge is 0.210 e.